The Morgan fingerprint density at radius 2 is 1.82 bits per heavy atom. The Morgan fingerprint density at radius 3 is 2.48 bits per heavy atom. The van der Waals surface area contributed by atoms with Gasteiger partial charge in [-0.05, 0) is 61.1 Å². The number of benzene rings is 1. The molecule has 2 aliphatic rings. The van der Waals surface area contributed by atoms with Crippen LogP contribution in [0.1, 0.15) is 43.4 Å². The van der Waals surface area contributed by atoms with Gasteiger partial charge in [0.05, 0.1) is 12.6 Å². The van der Waals surface area contributed by atoms with Gasteiger partial charge in [-0.3, -0.25) is 19.5 Å². The summed E-state index contributed by atoms with van der Waals surface area (Å²) >= 11 is 0. The van der Waals surface area contributed by atoms with E-state index in [1.165, 1.54) is 4.90 Å². The molecule has 0 spiro atoms. The summed E-state index contributed by atoms with van der Waals surface area (Å²) in [5, 5.41) is 6.32. The molecule has 2 aliphatic heterocycles. The number of rotatable bonds is 7. The molecule has 4 rings (SSSR count). The number of carbonyl (C=O) groups is 3. The molecule has 8 heteroatoms. The van der Waals surface area contributed by atoms with E-state index >= 15 is 0 Å². The zero-order valence-corrected chi connectivity index (χ0v) is 19.2. The number of hydrogen-bond donors (Lipinski definition) is 2. The van der Waals surface area contributed by atoms with E-state index in [2.05, 4.69) is 29.5 Å². The maximum Gasteiger partial charge on any atom is 0.327 e. The number of piperidine rings is 1. The predicted octanol–water partition coefficient (Wildman–Crippen LogP) is 2.73. The number of fused-ring (bicyclic) bond motifs is 1. The van der Waals surface area contributed by atoms with Gasteiger partial charge in [0, 0.05) is 18.1 Å². The number of aromatic nitrogens is 1. The molecule has 1 aromatic carbocycles. The van der Waals surface area contributed by atoms with E-state index in [4.69, 9.17) is 0 Å². The third kappa shape index (κ3) is 4.75. The van der Waals surface area contributed by atoms with Crippen molar-refractivity contribution in [1.29, 1.82) is 0 Å². The van der Waals surface area contributed by atoms with Gasteiger partial charge in [0.2, 0.25) is 11.8 Å². The van der Waals surface area contributed by atoms with Gasteiger partial charge in [-0.1, -0.05) is 32.0 Å². The SMILES string of the molecule is CCc1cccc(CC)c1NC(=O)CN1C(=O)N(Cc2ccncc2)C(=O)C2NCCCC21. The van der Waals surface area contributed by atoms with E-state index in [9.17, 15) is 14.4 Å². The fraction of sp³-hybridized carbons (Fsp3) is 0.440. The summed E-state index contributed by atoms with van der Waals surface area (Å²) in [5.74, 6) is -0.482. The smallest absolute Gasteiger partial charge is 0.324 e. The van der Waals surface area contributed by atoms with Crippen LogP contribution in [0.25, 0.3) is 0 Å². The molecule has 0 radical (unpaired) electrons. The largest absolute Gasteiger partial charge is 0.327 e. The molecule has 0 saturated carbocycles. The Hall–Kier alpha value is -3.26. The molecule has 174 valence electrons. The number of pyridine rings is 1. The number of aryl methyl sites for hydroxylation is 2. The van der Waals surface area contributed by atoms with Crippen molar-refractivity contribution in [2.45, 2.75) is 58.2 Å². The Morgan fingerprint density at radius 1 is 1.12 bits per heavy atom. The molecular weight excluding hydrogens is 418 g/mol. The lowest BCUT2D eigenvalue weighted by Gasteiger charge is -2.46. The van der Waals surface area contributed by atoms with Crippen molar-refractivity contribution in [3.63, 3.8) is 0 Å². The Kier molecular flexibility index (Phi) is 7.03. The highest BCUT2D eigenvalue weighted by atomic mass is 16.2. The molecule has 2 atom stereocenters. The van der Waals surface area contributed by atoms with Crippen LogP contribution in [0.15, 0.2) is 42.7 Å². The fourth-order valence-corrected chi connectivity index (χ4v) is 4.76. The molecule has 0 bridgehead atoms. The molecule has 2 saturated heterocycles. The molecule has 2 N–H and O–H groups in total. The minimum Gasteiger partial charge on any atom is -0.324 e. The number of hydrogen-bond acceptors (Lipinski definition) is 5. The highest BCUT2D eigenvalue weighted by Gasteiger charge is 2.47. The zero-order valence-electron chi connectivity index (χ0n) is 19.2. The molecule has 2 aromatic rings. The summed E-state index contributed by atoms with van der Waals surface area (Å²) in [7, 11) is 0. The Bertz CT molecular complexity index is 1000. The maximum absolute atomic E-state index is 13.4. The van der Waals surface area contributed by atoms with Crippen LogP contribution in [-0.2, 0) is 29.0 Å². The number of urea groups is 1. The Labute approximate surface area is 194 Å². The second-order valence-corrected chi connectivity index (χ2v) is 8.54. The third-order valence-electron chi connectivity index (χ3n) is 6.50. The fourth-order valence-electron chi connectivity index (χ4n) is 4.76. The first kappa shape index (κ1) is 22.9. The summed E-state index contributed by atoms with van der Waals surface area (Å²) < 4.78 is 0. The number of carbonyl (C=O) groups excluding carboxylic acids is 3. The van der Waals surface area contributed by atoms with E-state index in [1.54, 1.807) is 29.4 Å². The van der Waals surface area contributed by atoms with Gasteiger partial charge in [-0.2, -0.15) is 0 Å². The van der Waals surface area contributed by atoms with Crippen LogP contribution in [-0.4, -0.2) is 57.8 Å². The average molecular weight is 450 g/mol. The average Bonchev–Trinajstić information content (AvgIpc) is 2.85. The van der Waals surface area contributed by atoms with Crippen LogP contribution in [0, 0.1) is 0 Å². The van der Waals surface area contributed by atoms with Gasteiger partial charge < -0.3 is 15.5 Å². The Balaban J connectivity index is 1.57. The zero-order chi connectivity index (χ0) is 23.4. The third-order valence-corrected chi connectivity index (χ3v) is 6.50. The van der Waals surface area contributed by atoms with Crippen LogP contribution < -0.4 is 10.6 Å². The van der Waals surface area contributed by atoms with Gasteiger partial charge in [0.15, 0.2) is 0 Å². The maximum atomic E-state index is 13.4. The van der Waals surface area contributed by atoms with Crippen molar-refractivity contribution in [2.75, 3.05) is 18.4 Å². The lowest BCUT2D eigenvalue weighted by atomic mass is 9.93. The minimum absolute atomic E-state index is 0.0942. The second-order valence-electron chi connectivity index (χ2n) is 8.54. The number of anilines is 1. The van der Waals surface area contributed by atoms with E-state index in [-0.39, 0.29) is 30.9 Å². The molecule has 1 aromatic heterocycles. The first-order chi connectivity index (χ1) is 16.0. The van der Waals surface area contributed by atoms with Crippen LogP contribution in [0.5, 0.6) is 0 Å². The van der Waals surface area contributed by atoms with E-state index < -0.39 is 12.1 Å². The quantitative estimate of drug-likeness (QED) is 0.678. The lowest BCUT2D eigenvalue weighted by Crippen LogP contribution is -2.70. The molecule has 3 heterocycles. The molecule has 33 heavy (non-hydrogen) atoms. The number of nitrogens with zero attached hydrogens (tertiary/aromatic N) is 3. The van der Waals surface area contributed by atoms with Crippen molar-refractivity contribution < 1.29 is 14.4 Å². The van der Waals surface area contributed by atoms with E-state index in [1.807, 2.05) is 18.2 Å². The van der Waals surface area contributed by atoms with Crippen molar-refractivity contribution in [1.82, 2.24) is 20.1 Å². The van der Waals surface area contributed by atoms with Gasteiger partial charge in [-0.15, -0.1) is 0 Å². The lowest BCUT2D eigenvalue weighted by molar-refractivity contribution is -0.138. The van der Waals surface area contributed by atoms with Crippen LogP contribution in [0.4, 0.5) is 10.5 Å². The summed E-state index contributed by atoms with van der Waals surface area (Å²) in [6.07, 6.45) is 6.42. The van der Waals surface area contributed by atoms with Gasteiger partial charge in [0.25, 0.3) is 0 Å². The van der Waals surface area contributed by atoms with Crippen molar-refractivity contribution in [3.05, 3.63) is 59.4 Å². The van der Waals surface area contributed by atoms with Crippen LogP contribution in [0.2, 0.25) is 0 Å². The number of nitrogens with one attached hydrogen (secondary N) is 2. The first-order valence-corrected chi connectivity index (χ1v) is 11.7. The highest BCUT2D eigenvalue weighted by Crippen LogP contribution is 2.27. The first-order valence-electron chi connectivity index (χ1n) is 11.7. The minimum atomic E-state index is -0.500. The summed E-state index contributed by atoms with van der Waals surface area (Å²) in [4.78, 5) is 46.6. The normalized spacial score (nSPS) is 20.5. The van der Waals surface area contributed by atoms with Gasteiger partial charge in [-0.25, -0.2) is 4.79 Å². The molecular formula is C25H31N5O3. The highest BCUT2D eigenvalue weighted by molar-refractivity contribution is 6.03. The monoisotopic (exact) mass is 449 g/mol. The van der Waals surface area contributed by atoms with E-state index in [0.29, 0.717) is 13.0 Å². The summed E-state index contributed by atoms with van der Waals surface area (Å²) in [6, 6.07) is 8.34. The number of para-hydroxylation sites is 1. The van der Waals surface area contributed by atoms with Gasteiger partial charge in [0.1, 0.15) is 12.6 Å². The summed E-state index contributed by atoms with van der Waals surface area (Å²) in [6.45, 7) is 4.89. The van der Waals surface area contributed by atoms with E-state index in [0.717, 1.165) is 41.6 Å². The van der Waals surface area contributed by atoms with Crippen LogP contribution >= 0.6 is 0 Å². The number of amides is 4. The molecule has 4 amide bonds. The van der Waals surface area contributed by atoms with Crippen LogP contribution in [0.3, 0.4) is 0 Å². The van der Waals surface area contributed by atoms with Crippen molar-refractivity contribution in [2.24, 2.45) is 0 Å². The van der Waals surface area contributed by atoms with Crippen molar-refractivity contribution >= 4 is 23.5 Å². The second kappa shape index (κ2) is 10.1. The van der Waals surface area contributed by atoms with Gasteiger partial charge >= 0.3 is 6.03 Å². The molecule has 2 unspecified atom stereocenters. The number of imide groups is 1. The predicted molar refractivity (Wildman–Crippen MR) is 126 cm³/mol. The molecule has 0 aliphatic carbocycles. The molecule has 2 fully saturated rings. The molecule has 8 nitrogen and oxygen atoms in total. The summed E-state index contributed by atoms with van der Waals surface area (Å²) in [5.41, 5.74) is 3.79. The van der Waals surface area contributed by atoms with Crippen molar-refractivity contribution in [3.8, 4) is 0 Å². The topological polar surface area (TPSA) is 94.6 Å². The standard InChI is InChI=1S/C25H31N5O3/c1-3-18-7-5-8-19(4-2)22(18)28-21(31)16-29-20-9-6-12-27-23(20)24(32)30(25(29)33)15-17-10-13-26-14-11-17/h5,7-8,10-11,13-14,20,23,27H,3-4,6,9,12,15-16H2,1-2H3,(H,28,31).